The molecule has 0 saturated heterocycles. The van der Waals surface area contributed by atoms with Gasteiger partial charge in [0.25, 0.3) is 0 Å². The summed E-state index contributed by atoms with van der Waals surface area (Å²) in [4.78, 5) is 52.8. The van der Waals surface area contributed by atoms with Crippen LogP contribution in [0.1, 0.15) is 62.3 Å². The van der Waals surface area contributed by atoms with Gasteiger partial charge in [0.15, 0.2) is 11.5 Å². The Hall–Kier alpha value is -4.06. The largest absolute Gasteiger partial charge is 0.496 e. The quantitative estimate of drug-likeness (QED) is 0.0821. The summed E-state index contributed by atoms with van der Waals surface area (Å²) in [6, 6.07) is 6.83. The van der Waals surface area contributed by atoms with Gasteiger partial charge in [-0.05, 0) is 108 Å². The smallest absolute Gasteiger partial charge is 0.345 e. The zero-order valence-electron chi connectivity index (χ0n) is 29.1. The lowest BCUT2D eigenvalue weighted by Gasteiger charge is -2.27. The second kappa shape index (κ2) is 15.9. The number of methoxy groups -OCH3 is 4. The summed E-state index contributed by atoms with van der Waals surface area (Å²) in [5.74, 6) is -2.57. The Morgan fingerprint density at radius 2 is 0.880 bits per heavy atom. The van der Waals surface area contributed by atoms with Gasteiger partial charge in [-0.3, -0.25) is 9.59 Å². The fourth-order valence-electron chi connectivity index (χ4n) is 5.46. The van der Waals surface area contributed by atoms with Crippen LogP contribution in [0.4, 0.5) is 0 Å². The first kappa shape index (κ1) is 38.7. The van der Waals surface area contributed by atoms with Crippen LogP contribution in [0.25, 0.3) is 32.7 Å². The number of fused-ring (bicyclic) bond motifs is 2. The lowest BCUT2D eigenvalue weighted by atomic mass is 9.87. The number of carbonyl (C=O) groups excluding carboxylic acids is 4. The molecule has 0 saturated carbocycles. The van der Waals surface area contributed by atoms with Crippen LogP contribution in [0.15, 0.2) is 24.3 Å². The van der Waals surface area contributed by atoms with E-state index in [1.807, 2.05) is 0 Å². The molecule has 0 unspecified atom stereocenters. The second-order valence-electron chi connectivity index (χ2n) is 11.4. The average molecular weight is 914 g/mol. The maximum absolute atomic E-state index is 13.8. The molecule has 0 aliphatic carbocycles. The number of hydrogen-bond acceptors (Lipinski definition) is 12. The Morgan fingerprint density at radius 1 is 0.540 bits per heavy atom. The molecule has 0 N–H and O–H groups in total. The minimum atomic E-state index is -0.867. The van der Waals surface area contributed by atoms with Gasteiger partial charge in [-0.2, -0.15) is 0 Å². The summed E-state index contributed by atoms with van der Waals surface area (Å²) in [5.41, 5.74) is 0.175. The summed E-state index contributed by atoms with van der Waals surface area (Å²) >= 11 is 4.21. The van der Waals surface area contributed by atoms with Crippen LogP contribution in [-0.2, 0) is 19.1 Å². The number of halogens is 2. The van der Waals surface area contributed by atoms with E-state index >= 15 is 0 Å². The van der Waals surface area contributed by atoms with Crippen LogP contribution in [0.2, 0.25) is 0 Å². The Labute approximate surface area is 316 Å². The van der Waals surface area contributed by atoms with E-state index in [4.69, 9.17) is 37.9 Å². The van der Waals surface area contributed by atoms with Crippen molar-refractivity contribution in [2.24, 2.45) is 0 Å². The van der Waals surface area contributed by atoms with Crippen LogP contribution in [-0.4, -0.2) is 64.5 Å². The average Bonchev–Trinajstić information content (AvgIpc) is 3.03. The van der Waals surface area contributed by atoms with E-state index in [-0.39, 0.29) is 45.3 Å². The molecule has 266 valence electrons. The third-order valence-electron chi connectivity index (χ3n) is 7.20. The summed E-state index contributed by atoms with van der Waals surface area (Å²) in [7, 11) is 5.36. The van der Waals surface area contributed by atoms with Crippen LogP contribution in [0.3, 0.4) is 0 Å². The normalized spacial score (nSPS) is 11.1. The molecule has 0 spiro atoms. The molecule has 50 heavy (non-hydrogen) atoms. The van der Waals surface area contributed by atoms with Crippen molar-refractivity contribution >= 4 is 90.6 Å². The molecular formula is C36H36I2O12. The van der Waals surface area contributed by atoms with Crippen molar-refractivity contribution < 1.29 is 57.1 Å². The third-order valence-corrected chi connectivity index (χ3v) is 8.89. The van der Waals surface area contributed by atoms with Crippen molar-refractivity contribution in [1.29, 1.82) is 0 Å². The molecule has 14 heteroatoms. The lowest BCUT2D eigenvalue weighted by molar-refractivity contribution is -0.132. The highest BCUT2D eigenvalue weighted by atomic mass is 127. The highest BCUT2D eigenvalue weighted by Crippen LogP contribution is 2.56. The maximum Gasteiger partial charge on any atom is 0.345 e. The van der Waals surface area contributed by atoms with Gasteiger partial charge in [0.1, 0.15) is 34.1 Å². The number of ether oxygens (including phenoxy) is 8. The maximum atomic E-state index is 13.8. The Morgan fingerprint density at radius 3 is 1.14 bits per heavy atom. The fourth-order valence-corrected chi connectivity index (χ4v) is 6.83. The molecule has 4 aromatic carbocycles. The molecule has 0 heterocycles. The van der Waals surface area contributed by atoms with Crippen molar-refractivity contribution in [3.05, 3.63) is 42.5 Å². The van der Waals surface area contributed by atoms with Gasteiger partial charge in [-0.15, -0.1) is 0 Å². The van der Waals surface area contributed by atoms with Crippen LogP contribution >= 0.6 is 45.2 Å². The van der Waals surface area contributed by atoms with Gasteiger partial charge >= 0.3 is 23.9 Å². The predicted octanol–water partition coefficient (Wildman–Crippen LogP) is 7.88. The lowest BCUT2D eigenvalue weighted by Crippen LogP contribution is -2.18. The predicted molar refractivity (Wildman–Crippen MR) is 202 cm³/mol. The van der Waals surface area contributed by atoms with Crippen LogP contribution in [0, 0.1) is 7.14 Å². The van der Waals surface area contributed by atoms with Crippen molar-refractivity contribution in [3.8, 4) is 45.6 Å². The van der Waals surface area contributed by atoms with E-state index in [1.165, 1.54) is 42.3 Å². The molecule has 0 radical (unpaired) electrons. The Bertz CT molecular complexity index is 1890. The van der Waals surface area contributed by atoms with Gasteiger partial charge < -0.3 is 37.9 Å². The molecule has 0 aliphatic rings. The number of benzene rings is 4. The van der Waals surface area contributed by atoms with Crippen molar-refractivity contribution in [3.63, 3.8) is 0 Å². The molecule has 0 fully saturated rings. The first-order valence-corrected chi connectivity index (χ1v) is 17.4. The van der Waals surface area contributed by atoms with Crippen LogP contribution < -0.4 is 28.4 Å². The number of esters is 4. The number of rotatable bonds is 11. The van der Waals surface area contributed by atoms with E-state index in [0.29, 0.717) is 40.2 Å². The molecule has 0 atom stereocenters. The topological polar surface area (TPSA) is 142 Å². The second-order valence-corrected chi connectivity index (χ2v) is 13.7. The van der Waals surface area contributed by atoms with Gasteiger partial charge in [0.05, 0.1) is 47.8 Å². The van der Waals surface area contributed by atoms with E-state index in [0.717, 1.165) is 0 Å². The third kappa shape index (κ3) is 7.50. The van der Waals surface area contributed by atoms with Gasteiger partial charge in [-0.25, -0.2) is 9.59 Å². The molecule has 12 nitrogen and oxygen atoms in total. The van der Waals surface area contributed by atoms with Gasteiger partial charge in [-0.1, -0.05) is 0 Å². The zero-order chi connectivity index (χ0) is 37.2. The summed E-state index contributed by atoms with van der Waals surface area (Å²) in [5, 5.41) is 1.46. The fraction of sp³-hybridized carbons (Fsp3) is 0.333. The molecule has 4 rings (SSSR count). The monoisotopic (exact) mass is 914 g/mol. The van der Waals surface area contributed by atoms with Gasteiger partial charge in [0, 0.05) is 35.7 Å². The highest BCUT2D eigenvalue weighted by Gasteiger charge is 2.36. The zero-order valence-corrected chi connectivity index (χ0v) is 33.4. The van der Waals surface area contributed by atoms with Crippen LogP contribution in [0.5, 0.6) is 34.5 Å². The van der Waals surface area contributed by atoms with E-state index in [2.05, 4.69) is 45.2 Å². The highest BCUT2D eigenvalue weighted by molar-refractivity contribution is 14.1. The molecule has 4 aromatic rings. The molecule has 0 aliphatic heterocycles. The summed E-state index contributed by atoms with van der Waals surface area (Å²) < 4.78 is 47.6. The minimum Gasteiger partial charge on any atom is -0.496 e. The Kier molecular flexibility index (Phi) is 12.3. The molecular weight excluding hydrogens is 878 g/mol. The van der Waals surface area contributed by atoms with E-state index in [9.17, 15) is 19.2 Å². The van der Waals surface area contributed by atoms with Gasteiger partial charge in [0.2, 0.25) is 0 Å². The van der Waals surface area contributed by atoms with Crippen molar-refractivity contribution in [2.45, 2.75) is 53.8 Å². The first-order chi connectivity index (χ1) is 23.6. The molecule has 0 amide bonds. The van der Waals surface area contributed by atoms with Crippen molar-refractivity contribution in [2.75, 3.05) is 28.4 Å². The minimum absolute atomic E-state index is 0.0200. The van der Waals surface area contributed by atoms with E-state index in [1.54, 1.807) is 52.0 Å². The van der Waals surface area contributed by atoms with Crippen molar-refractivity contribution in [1.82, 2.24) is 0 Å². The summed E-state index contributed by atoms with van der Waals surface area (Å²) in [6.45, 7) is 9.47. The number of hydrogen-bond donors (Lipinski definition) is 0. The standard InChI is InChI=1S/C36H36I2O12/c1-15(2)47-33-27(19-11-23(37)25(43-7)13-21(19)31(49-17(5)39)29(33)35(41)45-9)28-20-12-24(38)26(44-8)14-22(20)32(50-18(6)40)30(36(42)46-10)34(28)48-16(3)4/h11-16H,1-10H3. The molecule has 0 bridgehead atoms. The SMILES string of the molecule is COC(=O)c1c(OC(C)C)c(-c2c(OC(C)C)c(C(=O)OC)c(OC(C)=O)c3cc(OC)c(I)cc23)c2cc(I)c(OC)cc2c1OC(C)=O. The van der Waals surface area contributed by atoms with E-state index < -0.39 is 36.1 Å². The molecule has 0 aromatic heterocycles. The Balaban J connectivity index is 2.55. The first-order valence-electron chi connectivity index (χ1n) is 15.2. The summed E-state index contributed by atoms with van der Waals surface area (Å²) in [6.07, 6.45) is -1.06. The number of carbonyl (C=O) groups is 4.